The average Bonchev–Trinajstić information content (AvgIpc) is 2.64. The third-order valence-electron chi connectivity index (χ3n) is 4.49. The molecule has 1 saturated carbocycles. The van der Waals surface area contributed by atoms with Crippen molar-refractivity contribution in [1.82, 2.24) is 0 Å². The van der Waals surface area contributed by atoms with Crippen molar-refractivity contribution in [3.63, 3.8) is 0 Å². The molecule has 0 radical (unpaired) electrons. The second kappa shape index (κ2) is 6.02. The summed E-state index contributed by atoms with van der Waals surface area (Å²) in [7, 11) is 1.75. The first-order valence-electron chi connectivity index (χ1n) is 7.16. The number of benzene rings is 1. The lowest BCUT2D eigenvalue weighted by Crippen LogP contribution is -2.43. The molecular weight excluding hydrogens is 241 g/mol. The predicted octanol–water partition coefficient (Wildman–Crippen LogP) is 3.87. The quantitative estimate of drug-likeness (QED) is 0.842. The van der Waals surface area contributed by atoms with E-state index >= 15 is 0 Å². The Hall–Kier alpha value is -0.930. The normalized spacial score (nSPS) is 20.8. The third kappa shape index (κ3) is 2.98. The molecule has 0 heterocycles. The molecular formula is C16H24FNO. The van der Waals surface area contributed by atoms with Gasteiger partial charge in [0, 0.05) is 7.11 Å². The Labute approximate surface area is 115 Å². The van der Waals surface area contributed by atoms with Crippen molar-refractivity contribution in [3.8, 4) is 0 Å². The fourth-order valence-electron chi connectivity index (χ4n) is 3.24. The van der Waals surface area contributed by atoms with Crippen molar-refractivity contribution in [2.24, 2.45) is 5.73 Å². The van der Waals surface area contributed by atoms with Crippen molar-refractivity contribution < 1.29 is 9.13 Å². The van der Waals surface area contributed by atoms with E-state index in [4.69, 9.17) is 10.5 Å². The summed E-state index contributed by atoms with van der Waals surface area (Å²) in [6.07, 6.45) is 6.78. The van der Waals surface area contributed by atoms with Crippen molar-refractivity contribution in [2.75, 3.05) is 7.11 Å². The molecule has 1 aromatic rings. The number of nitrogens with two attached hydrogens (primary N) is 1. The predicted molar refractivity (Wildman–Crippen MR) is 75.5 cm³/mol. The van der Waals surface area contributed by atoms with Gasteiger partial charge in [-0.15, -0.1) is 0 Å². The summed E-state index contributed by atoms with van der Waals surface area (Å²) in [4.78, 5) is 0. The molecule has 1 atom stereocenters. The third-order valence-corrected chi connectivity index (χ3v) is 4.49. The van der Waals surface area contributed by atoms with Gasteiger partial charge in [0.05, 0.1) is 11.6 Å². The number of aryl methyl sites for hydroxylation is 1. The van der Waals surface area contributed by atoms with Gasteiger partial charge in [-0.25, -0.2) is 4.39 Å². The largest absolute Gasteiger partial charge is 0.376 e. The lowest BCUT2D eigenvalue weighted by molar-refractivity contribution is -0.0443. The van der Waals surface area contributed by atoms with Crippen molar-refractivity contribution in [2.45, 2.75) is 57.1 Å². The summed E-state index contributed by atoms with van der Waals surface area (Å²) >= 11 is 0. The fraction of sp³-hybridized carbons (Fsp3) is 0.625. The molecule has 0 aromatic heterocycles. The molecule has 3 heteroatoms. The molecule has 2 rings (SSSR count). The summed E-state index contributed by atoms with van der Waals surface area (Å²) in [5.74, 6) is -0.208. The van der Waals surface area contributed by atoms with Crippen LogP contribution in [-0.4, -0.2) is 12.7 Å². The van der Waals surface area contributed by atoms with E-state index in [1.807, 2.05) is 6.92 Å². The highest BCUT2D eigenvalue weighted by atomic mass is 19.1. The molecule has 2 N–H and O–H groups in total. The summed E-state index contributed by atoms with van der Waals surface area (Å²) in [5, 5.41) is 0. The molecule has 106 valence electrons. The van der Waals surface area contributed by atoms with Crippen LogP contribution in [-0.2, 0) is 4.74 Å². The van der Waals surface area contributed by atoms with Gasteiger partial charge >= 0.3 is 0 Å². The first-order chi connectivity index (χ1) is 9.09. The van der Waals surface area contributed by atoms with Crippen molar-refractivity contribution in [3.05, 3.63) is 35.1 Å². The molecule has 1 aliphatic carbocycles. The topological polar surface area (TPSA) is 35.2 Å². The zero-order chi connectivity index (χ0) is 13.9. The lowest BCUT2D eigenvalue weighted by atomic mass is 9.81. The highest BCUT2D eigenvalue weighted by Crippen LogP contribution is 2.39. The molecule has 19 heavy (non-hydrogen) atoms. The number of methoxy groups -OCH3 is 1. The Balaban J connectivity index is 2.31. The highest BCUT2D eigenvalue weighted by Gasteiger charge is 2.38. The Morgan fingerprint density at radius 3 is 2.37 bits per heavy atom. The Morgan fingerprint density at radius 1 is 1.21 bits per heavy atom. The molecule has 0 amide bonds. The lowest BCUT2D eigenvalue weighted by Gasteiger charge is -2.38. The minimum Gasteiger partial charge on any atom is -0.376 e. The first kappa shape index (κ1) is 14.5. The summed E-state index contributed by atoms with van der Waals surface area (Å²) in [6.45, 7) is 1.92. The van der Waals surface area contributed by atoms with Crippen molar-refractivity contribution in [1.29, 1.82) is 0 Å². The highest BCUT2D eigenvalue weighted by molar-refractivity contribution is 5.31. The SMILES string of the molecule is COC1(C(N)c2ccc(F)cc2C)CCCCCC1. The summed E-state index contributed by atoms with van der Waals surface area (Å²) in [6, 6.07) is 4.66. The van der Waals surface area contributed by atoms with E-state index in [0.717, 1.165) is 36.8 Å². The number of halogens is 1. The Kier molecular flexibility index (Phi) is 4.58. The Morgan fingerprint density at radius 2 is 1.84 bits per heavy atom. The maximum atomic E-state index is 13.2. The van der Waals surface area contributed by atoms with E-state index in [0.29, 0.717) is 0 Å². The number of hydrogen-bond donors (Lipinski definition) is 1. The second-order valence-electron chi connectivity index (χ2n) is 5.66. The minimum absolute atomic E-state index is 0.184. The van der Waals surface area contributed by atoms with Gasteiger partial charge < -0.3 is 10.5 Å². The molecule has 1 aliphatic rings. The number of ether oxygens (including phenoxy) is 1. The van der Waals surface area contributed by atoms with Crippen LogP contribution in [0.3, 0.4) is 0 Å². The van der Waals surface area contributed by atoms with Gasteiger partial charge in [-0.3, -0.25) is 0 Å². The Bertz CT molecular complexity index is 425. The average molecular weight is 265 g/mol. The summed E-state index contributed by atoms with van der Waals surface area (Å²) in [5.41, 5.74) is 8.11. The molecule has 1 fully saturated rings. The zero-order valence-electron chi connectivity index (χ0n) is 11.9. The van der Waals surface area contributed by atoms with E-state index in [1.165, 1.54) is 18.9 Å². The van der Waals surface area contributed by atoms with E-state index in [2.05, 4.69) is 0 Å². The van der Waals surface area contributed by atoms with Crippen LogP contribution in [0.25, 0.3) is 0 Å². The van der Waals surface area contributed by atoms with E-state index < -0.39 is 0 Å². The van der Waals surface area contributed by atoms with Gasteiger partial charge in [0.15, 0.2) is 0 Å². The van der Waals surface area contributed by atoms with Crippen LogP contribution >= 0.6 is 0 Å². The maximum absolute atomic E-state index is 13.2. The van der Waals surface area contributed by atoms with Crippen LogP contribution in [0.15, 0.2) is 18.2 Å². The first-order valence-corrected chi connectivity index (χ1v) is 7.16. The van der Waals surface area contributed by atoms with Crippen LogP contribution in [0.5, 0.6) is 0 Å². The maximum Gasteiger partial charge on any atom is 0.123 e. The smallest absolute Gasteiger partial charge is 0.123 e. The van der Waals surface area contributed by atoms with Crippen molar-refractivity contribution >= 4 is 0 Å². The van der Waals surface area contributed by atoms with Gasteiger partial charge in [-0.2, -0.15) is 0 Å². The van der Waals surface area contributed by atoms with Gasteiger partial charge in [-0.1, -0.05) is 31.7 Å². The zero-order valence-corrected chi connectivity index (χ0v) is 11.9. The van der Waals surface area contributed by atoms with Crippen LogP contribution in [0.4, 0.5) is 4.39 Å². The van der Waals surface area contributed by atoms with E-state index in [9.17, 15) is 4.39 Å². The standard InChI is InChI=1S/C16H24FNO/c1-12-11-13(17)7-8-14(12)15(18)16(19-2)9-5-3-4-6-10-16/h7-8,11,15H,3-6,9-10,18H2,1-2H3. The van der Waals surface area contributed by atoms with Gasteiger partial charge in [0.2, 0.25) is 0 Å². The van der Waals surface area contributed by atoms with Crippen LogP contribution < -0.4 is 5.73 Å². The fourth-order valence-corrected chi connectivity index (χ4v) is 3.24. The van der Waals surface area contributed by atoms with Crippen LogP contribution in [0.2, 0.25) is 0 Å². The van der Waals surface area contributed by atoms with E-state index in [1.54, 1.807) is 19.2 Å². The molecule has 0 spiro atoms. The molecule has 0 aliphatic heterocycles. The number of rotatable bonds is 3. The van der Waals surface area contributed by atoms with E-state index in [-0.39, 0.29) is 17.5 Å². The summed E-state index contributed by atoms with van der Waals surface area (Å²) < 4.78 is 19.1. The van der Waals surface area contributed by atoms with Gasteiger partial charge in [0.25, 0.3) is 0 Å². The van der Waals surface area contributed by atoms with Crippen LogP contribution in [0.1, 0.15) is 55.7 Å². The monoisotopic (exact) mass is 265 g/mol. The molecule has 1 aromatic carbocycles. The molecule has 0 saturated heterocycles. The molecule has 1 unspecified atom stereocenters. The minimum atomic E-state index is -0.293. The molecule has 2 nitrogen and oxygen atoms in total. The molecule has 0 bridgehead atoms. The number of hydrogen-bond acceptors (Lipinski definition) is 2. The van der Waals surface area contributed by atoms with Crippen LogP contribution in [0, 0.1) is 12.7 Å². The second-order valence-corrected chi connectivity index (χ2v) is 5.66. The van der Waals surface area contributed by atoms with Gasteiger partial charge in [-0.05, 0) is 43.0 Å². The van der Waals surface area contributed by atoms with Gasteiger partial charge in [0.1, 0.15) is 5.82 Å².